The first-order valence-electron chi connectivity index (χ1n) is 19.8. The third-order valence-electron chi connectivity index (χ3n) is 12.3. The molecule has 4 heterocycles. The van der Waals surface area contributed by atoms with Crippen LogP contribution in [0.15, 0.2) is 194 Å². The molecular formula is C54H32N4. The fourth-order valence-electron chi connectivity index (χ4n) is 9.71. The van der Waals surface area contributed by atoms with E-state index in [9.17, 15) is 0 Å². The minimum absolute atomic E-state index is 0.921. The van der Waals surface area contributed by atoms with E-state index in [-0.39, 0.29) is 0 Å². The van der Waals surface area contributed by atoms with Gasteiger partial charge in [0.05, 0.1) is 38.8 Å². The molecule has 0 aliphatic rings. The van der Waals surface area contributed by atoms with Crippen LogP contribution in [0.5, 0.6) is 0 Å². The Hall–Kier alpha value is -7.82. The Morgan fingerprint density at radius 1 is 0.310 bits per heavy atom. The second-order valence-electron chi connectivity index (χ2n) is 15.4. The van der Waals surface area contributed by atoms with Crippen molar-refractivity contribution in [2.24, 2.45) is 0 Å². The summed E-state index contributed by atoms with van der Waals surface area (Å²) in [6, 6.07) is 68.5. The van der Waals surface area contributed by atoms with E-state index >= 15 is 0 Å². The van der Waals surface area contributed by atoms with Crippen molar-refractivity contribution in [3.05, 3.63) is 194 Å². The van der Waals surface area contributed by atoms with Gasteiger partial charge < -0.3 is 9.13 Å². The van der Waals surface area contributed by atoms with Gasteiger partial charge in [-0.3, -0.25) is 4.98 Å². The molecule has 0 aliphatic carbocycles. The molecule has 0 N–H and O–H groups in total. The molecular weight excluding hydrogens is 705 g/mol. The molecule has 13 aromatic rings. The van der Waals surface area contributed by atoms with Crippen LogP contribution in [-0.4, -0.2) is 19.1 Å². The zero-order chi connectivity index (χ0) is 37.9. The van der Waals surface area contributed by atoms with Crippen molar-refractivity contribution in [1.29, 1.82) is 0 Å². The van der Waals surface area contributed by atoms with Gasteiger partial charge in [0.15, 0.2) is 0 Å². The van der Waals surface area contributed by atoms with Gasteiger partial charge in [0, 0.05) is 55.5 Å². The molecule has 0 radical (unpaired) electrons. The van der Waals surface area contributed by atoms with Crippen molar-refractivity contribution < 1.29 is 0 Å². The maximum atomic E-state index is 5.27. The number of aromatic nitrogens is 4. The Balaban J connectivity index is 1.12. The predicted molar refractivity (Wildman–Crippen MR) is 244 cm³/mol. The summed E-state index contributed by atoms with van der Waals surface area (Å²) in [5.74, 6) is 0. The molecule has 268 valence electrons. The van der Waals surface area contributed by atoms with Crippen LogP contribution in [0, 0.1) is 0 Å². The summed E-state index contributed by atoms with van der Waals surface area (Å²) < 4.78 is 4.86. The molecule has 9 aromatic carbocycles. The summed E-state index contributed by atoms with van der Waals surface area (Å²) >= 11 is 0. The van der Waals surface area contributed by atoms with Gasteiger partial charge >= 0.3 is 0 Å². The van der Waals surface area contributed by atoms with Gasteiger partial charge in [-0.25, -0.2) is 4.98 Å². The van der Waals surface area contributed by atoms with Crippen molar-refractivity contribution in [3.63, 3.8) is 0 Å². The summed E-state index contributed by atoms with van der Waals surface area (Å²) in [7, 11) is 0. The number of nitrogens with zero attached hydrogens (tertiary/aromatic N) is 4. The normalized spacial score (nSPS) is 12.1. The first-order valence-corrected chi connectivity index (χ1v) is 19.8. The zero-order valence-electron chi connectivity index (χ0n) is 31.3. The fourth-order valence-corrected chi connectivity index (χ4v) is 9.71. The van der Waals surface area contributed by atoms with E-state index in [4.69, 9.17) is 9.97 Å². The van der Waals surface area contributed by atoms with Crippen molar-refractivity contribution in [2.75, 3.05) is 0 Å². The Morgan fingerprint density at radius 3 is 1.53 bits per heavy atom. The summed E-state index contributed by atoms with van der Waals surface area (Å²) in [6.07, 6.45) is 1.85. The lowest BCUT2D eigenvalue weighted by Gasteiger charge is -2.14. The van der Waals surface area contributed by atoms with Crippen molar-refractivity contribution in [2.45, 2.75) is 0 Å². The minimum Gasteiger partial charge on any atom is -0.309 e. The molecule has 0 aliphatic heterocycles. The highest BCUT2D eigenvalue weighted by molar-refractivity contribution is 6.29. The highest BCUT2D eigenvalue weighted by Gasteiger charge is 2.19. The highest BCUT2D eigenvalue weighted by atomic mass is 15.0. The lowest BCUT2D eigenvalue weighted by molar-refractivity contribution is 1.13. The Labute approximate surface area is 332 Å². The average molecular weight is 737 g/mol. The van der Waals surface area contributed by atoms with Crippen LogP contribution in [0.25, 0.3) is 120 Å². The molecule has 4 heteroatoms. The molecule has 0 saturated carbocycles. The number of pyridine rings is 2. The van der Waals surface area contributed by atoms with Crippen molar-refractivity contribution in [1.82, 2.24) is 19.1 Å². The van der Waals surface area contributed by atoms with Crippen LogP contribution in [0.2, 0.25) is 0 Å². The third kappa shape index (κ3) is 4.40. The summed E-state index contributed by atoms with van der Waals surface area (Å²) in [5, 5.41) is 14.7. The van der Waals surface area contributed by atoms with Gasteiger partial charge in [0.1, 0.15) is 0 Å². The van der Waals surface area contributed by atoms with Crippen molar-refractivity contribution in [3.8, 4) is 22.6 Å². The third-order valence-corrected chi connectivity index (χ3v) is 12.3. The number of benzene rings is 9. The molecule has 58 heavy (non-hydrogen) atoms. The summed E-state index contributed by atoms with van der Waals surface area (Å²) in [6.45, 7) is 0. The Bertz CT molecular complexity index is 3820. The molecule has 0 atom stereocenters. The minimum atomic E-state index is 0.921. The smallest absolute Gasteiger partial charge is 0.0972 e. The van der Waals surface area contributed by atoms with E-state index in [1.165, 1.54) is 70.4 Å². The Kier molecular flexibility index (Phi) is 6.41. The zero-order valence-corrected chi connectivity index (χ0v) is 31.3. The fraction of sp³-hybridized carbons (Fsp3) is 0. The van der Waals surface area contributed by atoms with Crippen LogP contribution in [0.3, 0.4) is 0 Å². The van der Waals surface area contributed by atoms with Crippen LogP contribution in [0.1, 0.15) is 0 Å². The standard InChI is InChI=1S/C54H32N4/c1-3-16-40-38(14-1)39-15-2-4-17-41(39)45-32-52-47(31-44(40)45)46-29-35(48-26-24-34-23-22-33-11-10-28-55-53(33)54(34)56-48)25-27-51(46)58(52)37-13-9-12-36(30-37)57-49-20-7-5-18-42(49)43-19-6-8-21-50(43)57/h1-32H. The topological polar surface area (TPSA) is 35.6 Å². The second kappa shape index (κ2) is 11.8. The van der Waals surface area contributed by atoms with E-state index in [1.54, 1.807) is 0 Å². The van der Waals surface area contributed by atoms with E-state index < -0.39 is 0 Å². The van der Waals surface area contributed by atoms with Crippen LogP contribution in [-0.2, 0) is 0 Å². The number of hydrogen-bond acceptors (Lipinski definition) is 2. The van der Waals surface area contributed by atoms with E-state index in [0.717, 1.165) is 50.0 Å². The first kappa shape index (κ1) is 31.4. The molecule has 0 amide bonds. The maximum Gasteiger partial charge on any atom is 0.0972 e. The van der Waals surface area contributed by atoms with Gasteiger partial charge in [-0.2, -0.15) is 0 Å². The molecule has 0 bridgehead atoms. The predicted octanol–water partition coefficient (Wildman–Crippen LogP) is 14.1. The lowest BCUT2D eigenvalue weighted by Crippen LogP contribution is -1.98. The maximum absolute atomic E-state index is 5.27. The van der Waals surface area contributed by atoms with Crippen molar-refractivity contribution >= 4 is 97.7 Å². The highest BCUT2D eigenvalue weighted by Crippen LogP contribution is 2.42. The van der Waals surface area contributed by atoms with Gasteiger partial charge in [-0.15, -0.1) is 0 Å². The molecule has 4 aromatic heterocycles. The average Bonchev–Trinajstić information content (AvgIpc) is 3.80. The van der Waals surface area contributed by atoms with Gasteiger partial charge in [-0.05, 0) is 99.0 Å². The molecule has 0 spiro atoms. The van der Waals surface area contributed by atoms with E-state index in [1.807, 2.05) is 12.3 Å². The van der Waals surface area contributed by atoms with E-state index in [0.29, 0.717) is 0 Å². The number of hydrogen-bond donors (Lipinski definition) is 0. The second-order valence-corrected chi connectivity index (χ2v) is 15.4. The van der Waals surface area contributed by atoms with Crippen LogP contribution < -0.4 is 0 Å². The van der Waals surface area contributed by atoms with Gasteiger partial charge in [0.2, 0.25) is 0 Å². The Morgan fingerprint density at radius 2 is 0.845 bits per heavy atom. The largest absolute Gasteiger partial charge is 0.309 e. The number of para-hydroxylation sites is 2. The van der Waals surface area contributed by atoms with E-state index in [2.05, 4.69) is 191 Å². The molecule has 0 saturated heterocycles. The monoisotopic (exact) mass is 736 g/mol. The summed E-state index contributed by atoms with van der Waals surface area (Å²) in [4.78, 5) is 10.0. The molecule has 13 rings (SSSR count). The van der Waals surface area contributed by atoms with Gasteiger partial charge in [0.25, 0.3) is 0 Å². The van der Waals surface area contributed by atoms with Crippen LogP contribution >= 0.6 is 0 Å². The van der Waals surface area contributed by atoms with Gasteiger partial charge in [-0.1, -0.05) is 121 Å². The van der Waals surface area contributed by atoms with Crippen LogP contribution in [0.4, 0.5) is 0 Å². The summed E-state index contributed by atoms with van der Waals surface area (Å²) in [5.41, 5.74) is 10.8. The number of rotatable bonds is 3. The number of fused-ring (bicyclic) bond motifs is 15. The molecule has 0 unspecified atom stereocenters. The quantitative estimate of drug-likeness (QED) is 0.169. The lowest BCUT2D eigenvalue weighted by atomic mass is 9.93. The molecule has 0 fully saturated rings. The first-order chi connectivity index (χ1) is 28.8. The molecule has 4 nitrogen and oxygen atoms in total. The SMILES string of the molecule is c1cc(-n2c3ccccc3c3ccccc32)cc(-n2c3ccc(-c4ccc5ccc6cccnc6c5n4)cc3c3cc4c5ccccc5c5ccccc5c4cc32)c1.